The number of amides is 1. The second kappa shape index (κ2) is 13.2. The van der Waals surface area contributed by atoms with Crippen molar-refractivity contribution in [2.45, 2.75) is 44.9 Å². The van der Waals surface area contributed by atoms with E-state index >= 15 is 0 Å². The highest BCUT2D eigenvalue weighted by Crippen LogP contribution is 2.42. The van der Waals surface area contributed by atoms with Gasteiger partial charge in [0.05, 0.1) is 18.6 Å². The number of hydrogen-bond acceptors (Lipinski definition) is 4. The van der Waals surface area contributed by atoms with Crippen molar-refractivity contribution in [3.8, 4) is 22.3 Å². The smallest absolute Gasteiger partial charge is 0.305 e. The van der Waals surface area contributed by atoms with Gasteiger partial charge in [-0.05, 0) is 55.3 Å². The van der Waals surface area contributed by atoms with E-state index in [9.17, 15) is 24.2 Å². The minimum Gasteiger partial charge on any atom is -0.481 e. The zero-order valence-electron chi connectivity index (χ0n) is 22.9. The highest BCUT2D eigenvalue weighted by molar-refractivity contribution is 6.11. The lowest BCUT2D eigenvalue weighted by molar-refractivity contribution is -0.139. The summed E-state index contributed by atoms with van der Waals surface area (Å²) in [4.78, 5) is 25.0. The molecule has 1 unspecified atom stereocenters. The summed E-state index contributed by atoms with van der Waals surface area (Å²) in [5.74, 6) is -1.91. The number of carbonyl (C=O) groups is 2. The number of nitrogens with zero attached hydrogens (tertiary/aromatic N) is 1. The number of carboxylic acids is 1. The SMILES string of the molecule is CC(C)n1c(C=CC(O)C[C@@H](O)CC(=O)O)c(-c2ccc(F)cc2)c(-c2ccccc2)c1C(=O)Nc1ccccc1. The number of benzene rings is 3. The molecule has 0 bridgehead atoms. The third-order valence-corrected chi connectivity index (χ3v) is 6.60. The molecule has 41 heavy (non-hydrogen) atoms. The molecule has 1 aromatic heterocycles. The summed E-state index contributed by atoms with van der Waals surface area (Å²) >= 11 is 0. The number of aliphatic hydroxyl groups is 2. The number of para-hydroxylation sites is 1. The number of carboxylic acid groups (broad SMARTS) is 1. The van der Waals surface area contributed by atoms with Gasteiger partial charge in [0.25, 0.3) is 5.91 Å². The third kappa shape index (κ3) is 7.16. The van der Waals surface area contributed by atoms with Crippen LogP contribution in [0.2, 0.25) is 0 Å². The monoisotopic (exact) mass is 556 g/mol. The molecule has 212 valence electrons. The Kier molecular flexibility index (Phi) is 9.49. The molecular weight excluding hydrogens is 523 g/mol. The van der Waals surface area contributed by atoms with Crippen LogP contribution in [0.4, 0.5) is 10.1 Å². The molecule has 3 aromatic carbocycles. The molecule has 1 amide bonds. The van der Waals surface area contributed by atoms with E-state index in [-0.39, 0.29) is 18.4 Å². The van der Waals surface area contributed by atoms with Gasteiger partial charge in [-0.15, -0.1) is 0 Å². The van der Waals surface area contributed by atoms with Gasteiger partial charge in [0.1, 0.15) is 11.5 Å². The van der Waals surface area contributed by atoms with Crippen molar-refractivity contribution < 1.29 is 29.3 Å². The van der Waals surface area contributed by atoms with Gasteiger partial charge >= 0.3 is 5.97 Å². The molecular formula is C33H33FN2O5. The highest BCUT2D eigenvalue weighted by atomic mass is 19.1. The van der Waals surface area contributed by atoms with E-state index in [1.165, 1.54) is 18.2 Å². The molecule has 0 aliphatic carbocycles. The van der Waals surface area contributed by atoms with E-state index in [1.54, 1.807) is 30.3 Å². The molecule has 4 aromatic rings. The number of anilines is 1. The van der Waals surface area contributed by atoms with Crippen LogP contribution < -0.4 is 5.32 Å². The predicted octanol–water partition coefficient (Wildman–Crippen LogP) is 6.39. The number of rotatable bonds is 11. The van der Waals surface area contributed by atoms with E-state index in [0.29, 0.717) is 33.8 Å². The van der Waals surface area contributed by atoms with Gasteiger partial charge in [0.15, 0.2) is 0 Å². The first-order valence-electron chi connectivity index (χ1n) is 13.4. The van der Waals surface area contributed by atoms with Gasteiger partial charge in [-0.3, -0.25) is 9.59 Å². The summed E-state index contributed by atoms with van der Waals surface area (Å²) in [6.07, 6.45) is 0.0955. The average Bonchev–Trinajstić information content (AvgIpc) is 3.28. The molecule has 4 rings (SSSR count). The second-order valence-corrected chi connectivity index (χ2v) is 10.1. The molecule has 0 aliphatic heterocycles. The third-order valence-electron chi connectivity index (χ3n) is 6.60. The minimum absolute atomic E-state index is 0.177. The normalized spacial score (nSPS) is 12.9. The van der Waals surface area contributed by atoms with Gasteiger partial charge in [0, 0.05) is 35.0 Å². The zero-order chi connectivity index (χ0) is 29.5. The van der Waals surface area contributed by atoms with Crippen molar-refractivity contribution in [2.75, 3.05) is 5.32 Å². The number of aromatic nitrogens is 1. The summed E-state index contributed by atoms with van der Waals surface area (Å²) in [5.41, 5.74) is 4.34. The lowest BCUT2D eigenvalue weighted by Crippen LogP contribution is -2.20. The highest BCUT2D eigenvalue weighted by Gasteiger charge is 2.29. The molecule has 4 N–H and O–H groups in total. The average molecular weight is 557 g/mol. The second-order valence-electron chi connectivity index (χ2n) is 10.1. The molecule has 8 heteroatoms. The van der Waals surface area contributed by atoms with Gasteiger partial charge in [-0.2, -0.15) is 0 Å². The van der Waals surface area contributed by atoms with Crippen molar-refractivity contribution in [1.29, 1.82) is 0 Å². The van der Waals surface area contributed by atoms with Crippen LogP contribution >= 0.6 is 0 Å². The van der Waals surface area contributed by atoms with E-state index in [2.05, 4.69) is 5.32 Å². The molecule has 0 aliphatic rings. The summed E-state index contributed by atoms with van der Waals surface area (Å²) in [5, 5.41) is 32.6. The van der Waals surface area contributed by atoms with Crippen LogP contribution in [-0.4, -0.2) is 44.0 Å². The van der Waals surface area contributed by atoms with Gasteiger partial charge in [0.2, 0.25) is 0 Å². The van der Waals surface area contributed by atoms with E-state index in [0.717, 1.165) is 5.56 Å². The minimum atomic E-state index is -1.23. The first kappa shape index (κ1) is 29.5. The van der Waals surface area contributed by atoms with Crippen LogP contribution in [0.5, 0.6) is 0 Å². The Morgan fingerprint density at radius 3 is 2.05 bits per heavy atom. The lowest BCUT2D eigenvalue weighted by atomic mass is 9.94. The fourth-order valence-corrected chi connectivity index (χ4v) is 4.88. The maximum absolute atomic E-state index is 14.0. The Morgan fingerprint density at radius 1 is 0.878 bits per heavy atom. The number of aliphatic carboxylic acids is 1. The largest absolute Gasteiger partial charge is 0.481 e. The fourth-order valence-electron chi connectivity index (χ4n) is 4.88. The van der Waals surface area contributed by atoms with Gasteiger partial charge in [-0.25, -0.2) is 4.39 Å². The number of carbonyl (C=O) groups excluding carboxylic acids is 1. The molecule has 0 saturated carbocycles. The van der Waals surface area contributed by atoms with Crippen LogP contribution in [0.3, 0.4) is 0 Å². The molecule has 0 spiro atoms. The zero-order valence-corrected chi connectivity index (χ0v) is 22.9. The molecule has 0 fully saturated rings. The lowest BCUT2D eigenvalue weighted by Gasteiger charge is -2.17. The van der Waals surface area contributed by atoms with E-state index < -0.39 is 30.4 Å². The maximum atomic E-state index is 14.0. The van der Waals surface area contributed by atoms with E-state index in [4.69, 9.17) is 5.11 Å². The van der Waals surface area contributed by atoms with Gasteiger partial charge < -0.3 is 25.2 Å². The molecule has 0 saturated heterocycles. The van der Waals surface area contributed by atoms with Crippen LogP contribution in [0.25, 0.3) is 28.3 Å². The summed E-state index contributed by atoms with van der Waals surface area (Å²) in [6.45, 7) is 3.87. The van der Waals surface area contributed by atoms with Crippen molar-refractivity contribution in [3.63, 3.8) is 0 Å². The van der Waals surface area contributed by atoms with Crippen LogP contribution in [0.15, 0.2) is 91.0 Å². The first-order chi connectivity index (χ1) is 19.7. The maximum Gasteiger partial charge on any atom is 0.305 e. The van der Waals surface area contributed by atoms with Crippen molar-refractivity contribution in [2.24, 2.45) is 0 Å². The van der Waals surface area contributed by atoms with E-state index in [1.807, 2.05) is 66.9 Å². The quantitative estimate of drug-likeness (QED) is 0.171. The number of hydrogen-bond donors (Lipinski definition) is 4. The molecule has 7 nitrogen and oxygen atoms in total. The summed E-state index contributed by atoms with van der Waals surface area (Å²) < 4.78 is 15.9. The molecule has 0 radical (unpaired) electrons. The first-order valence-corrected chi connectivity index (χ1v) is 13.4. The Labute approximate surface area is 238 Å². The molecule has 2 atom stereocenters. The van der Waals surface area contributed by atoms with Crippen molar-refractivity contribution in [1.82, 2.24) is 4.57 Å². The number of halogens is 1. The summed E-state index contributed by atoms with van der Waals surface area (Å²) in [6, 6.07) is 24.3. The van der Waals surface area contributed by atoms with Crippen LogP contribution in [0.1, 0.15) is 48.9 Å². The summed E-state index contributed by atoms with van der Waals surface area (Å²) in [7, 11) is 0. The topological polar surface area (TPSA) is 112 Å². The van der Waals surface area contributed by atoms with Crippen LogP contribution in [-0.2, 0) is 4.79 Å². The Bertz CT molecular complexity index is 1510. The number of aliphatic hydroxyl groups excluding tert-OH is 2. The standard InChI is InChI=1S/C33H33FN2O5/c1-21(2)36-28(18-17-26(37)19-27(38)20-29(39)40)30(23-13-15-24(34)16-14-23)31(22-9-5-3-6-10-22)32(36)33(41)35-25-11-7-4-8-12-25/h3-18,21,26-27,37-38H,19-20H2,1-2H3,(H,35,41)(H,39,40)/t26?,27-/m1/s1. The fraction of sp³-hybridized carbons (Fsp3) is 0.212. The Morgan fingerprint density at radius 2 is 1.46 bits per heavy atom. The van der Waals surface area contributed by atoms with Gasteiger partial charge in [-0.1, -0.05) is 66.7 Å². The van der Waals surface area contributed by atoms with Crippen molar-refractivity contribution in [3.05, 3.63) is 108 Å². The predicted molar refractivity (Wildman–Crippen MR) is 158 cm³/mol. The Balaban J connectivity index is 1.96. The van der Waals surface area contributed by atoms with Crippen molar-refractivity contribution >= 4 is 23.6 Å². The Hall–Kier alpha value is -4.53. The van der Waals surface area contributed by atoms with Crippen LogP contribution in [0, 0.1) is 5.82 Å². The molecule has 1 heterocycles. The number of nitrogens with one attached hydrogen (secondary N) is 1.